The number of aliphatic hydroxyl groups is 1. The molecule has 1 heterocycles. The van der Waals surface area contributed by atoms with Crippen LogP contribution < -0.4 is 0 Å². The molecule has 128 valence electrons. The van der Waals surface area contributed by atoms with Crippen LogP contribution in [0.2, 0.25) is 0 Å². The van der Waals surface area contributed by atoms with Gasteiger partial charge in [0.2, 0.25) is 0 Å². The van der Waals surface area contributed by atoms with Crippen molar-refractivity contribution in [2.75, 3.05) is 0 Å². The molecule has 0 amide bonds. The highest BCUT2D eigenvalue weighted by Gasteiger charge is 2.28. The second-order valence-corrected chi connectivity index (χ2v) is 12.3. The van der Waals surface area contributed by atoms with Crippen LogP contribution in [0.4, 0.5) is 0 Å². The number of nitrogens with zero attached hydrogens (tertiary/aromatic N) is 3. The molecule has 1 rings (SSSR count). The summed E-state index contributed by atoms with van der Waals surface area (Å²) < 4.78 is 28.6. The van der Waals surface area contributed by atoms with Gasteiger partial charge in [0.25, 0.3) is 10.0 Å². The number of rotatable bonds is 9. The molecule has 0 aromatic carbocycles. The van der Waals surface area contributed by atoms with Crippen molar-refractivity contribution in [2.24, 2.45) is 0 Å². The Morgan fingerprint density at radius 2 is 1.82 bits per heavy atom. The quantitative estimate of drug-likeness (QED) is 0.681. The summed E-state index contributed by atoms with van der Waals surface area (Å²) in [7, 11) is -3.14. The normalized spacial score (nSPS) is 15.3. The SMILES string of the molecule is CC[C@H](O)Cn1ccc(S(=O)(=O)N(PC(C)C)PC(C)C)n1. The predicted octanol–water partition coefficient (Wildman–Crippen LogP) is 2.65. The van der Waals surface area contributed by atoms with Crippen molar-refractivity contribution < 1.29 is 13.5 Å². The molecule has 3 atom stereocenters. The molecule has 1 aromatic heterocycles. The Morgan fingerprint density at radius 3 is 2.27 bits per heavy atom. The third-order valence-electron chi connectivity index (χ3n) is 2.74. The number of sulfonamides is 1. The fraction of sp³-hybridized carbons (Fsp3) is 0.769. The van der Waals surface area contributed by atoms with E-state index in [1.165, 1.54) is 10.7 Å². The maximum atomic E-state index is 12.8. The van der Waals surface area contributed by atoms with Crippen LogP contribution in [0.3, 0.4) is 0 Å². The maximum Gasteiger partial charge on any atom is 0.268 e. The minimum absolute atomic E-state index is 0.0668. The molecule has 2 unspecified atom stereocenters. The first kappa shape index (κ1) is 20.0. The summed E-state index contributed by atoms with van der Waals surface area (Å²) in [5.74, 6) is 0. The zero-order valence-electron chi connectivity index (χ0n) is 13.8. The van der Waals surface area contributed by atoms with Gasteiger partial charge in [0.05, 0.1) is 12.6 Å². The van der Waals surface area contributed by atoms with Gasteiger partial charge in [-0.15, -0.1) is 0 Å². The summed E-state index contributed by atoms with van der Waals surface area (Å²) >= 11 is 0. The summed E-state index contributed by atoms with van der Waals surface area (Å²) in [5.41, 5.74) is 0.565. The van der Waals surface area contributed by atoms with Crippen molar-refractivity contribution in [1.82, 2.24) is 13.6 Å². The zero-order valence-corrected chi connectivity index (χ0v) is 16.6. The third kappa shape index (κ3) is 5.86. The third-order valence-corrected chi connectivity index (χ3v) is 8.32. The van der Waals surface area contributed by atoms with Gasteiger partial charge >= 0.3 is 0 Å². The topological polar surface area (TPSA) is 75.4 Å². The van der Waals surface area contributed by atoms with Crippen molar-refractivity contribution in [1.29, 1.82) is 0 Å². The van der Waals surface area contributed by atoms with E-state index in [1.54, 1.807) is 10.0 Å². The van der Waals surface area contributed by atoms with Gasteiger partial charge in [-0.3, -0.25) is 4.68 Å². The van der Waals surface area contributed by atoms with Gasteiger partial charge in [-0.05, 0) is 41.3 Å². The van der Waals surface area contributed by atoms with Crippen LogP contribution in [0.5, 0.6) is 0 Å². The highest BCUT2D eigenvalue weighted by molar-refractivity contribution is 7.97. The van der Waals surface area contributed by atoms with Gasteiger partial charge in [-0.1, -0.05) is 34.6 Å². The molecule has 0 saturated carbocycles. The highest BCUT2D eigenvalue weighted by Crippen LogP contribution is 2.43. The second-order valence-electron chi connectivity index (χ2n) is 5.78. The van der Waals surface area contributed by atoms with Gasteiger partial charge in [0.15, 0.2) is 5.03 Å². The molecule has 0 spiro atoms. The lowest BCUT2D eigenvalue weighted by molar-refractivity contribution is 0.144. The first-order valence-electron chi connectivity index (χ1n) is 7.46. The van der Waals surface area contributed by atoms with E-state index in [0.29, 0.717) is 13.0 Å². The molecule has 0 aliphatic heterocycles. The molecule has 0 saturated heterocycles. The van der Waals surface area contributed by atoms with E-state index in [4.69, 9.17) is 0 Å². The van der Waals surface area contributed by atoms with Gasteiger partial charge in [-0.25, -0.2) is 8.42 Å². The first-order chi connectivity index (χ1) is 10.2. The zero-order chi connectivity index (χ0) is 16.9. The van der Waals surface area contributed by atoms with E-state index in [1.807, 2.05) is 34.6 Å². The van der Waals surface area contributed by atoms with Crippen LogP contribution in [0, 0.1) is 0 Å². The Labute approximate surface area is 137 Å². The van der Waals surface area contributed by atoms with E-state index in [0.717, 1.165) is 0 Å². The van der Waals surface area contributed by atoms with Gasteiger partial charge in [-0.2, -0.15) is 8.94 Å². The van der Waals surface area contributed by atoms with Gasteiger partial charge in [0.1, 0.15) is 0 Å². The van der Waals surface area contributed by atoms with E-state index in [-0.39, 0.29) is 33.8 Å². The highest BCUT2D eigenvalue weighted by atomic mass is 32.2. The number of aliphatic hydroxyl groups excluding tert-OH is 1. The standard InChI is InChI=1S/C13H27N3O3P2S/c1-6-12(17)9-15-8-7-13(14-15)22(18,19)16(20-10(2)3)21-11(4)5/h7-8,10-12,17,20-21H,6,9H2,1-5H3/t12-/m0/s1. The molecule has 22 heavy (non-hydrogen) atoms. The monoisotopic (exact) mass is 367 g/mol. The maximum absolute atomic E-state index is 12.8. The summed E-state index contributed by atoms with van der Waals surface area (Å²) in [6.07, 6.45) is 1.71. The van der Waals surface area contributed by atoms with Crippen LogP contribution in [0.15, 0.2) is 17.3 Å². The average molecular weight is 367 g/mol. The molecule has 0 radical (unpaired) electrons. The fourth-order valence-electron chi connectivity index (χ4n) is 1.67. The van der Waals surface area contributed by atoms with Crippen molar-refractivity contribution in [3.8, 4) is 0 Å². The Bertz CT molecular complexity index is 551. The molecule has 1 N–H and O–H groups in total. The molecule has 0 aliphatic carbocycles. The number of hydrogen-bond acceptors (Lipinski definition) is 4. The number of aromatic nitrogens is 2. The van der Waals surface area contributed by atoms with E-state index >= 15 is 0 Å². The molecule has 9 heteroatoms. The van der Waals surface area contributed by atoms with E-state index in [9.17, 15) is 13.5 Å². The Balaban J connectivity index is 2.99. The van der Waals surface area contributed by atoms with Crippen LogP contribution in [-0.2, 0) is 16.6 Å². The molecule has 0 bridgehead atoms. The first-order valence-corrected chi connectivity index (χ1v) is 10.9. The van der Waals surface area contributed by atoms with Crippen LogP contribution in [-0.4, -0.2) is 44.6 Å². The molecule has 0 aliphatic rings. The summed E-state index contributed by atoms with van der Waals surface area (Å²) in [5, 5.41) is 13.9. The molecule has 6 nitrogen and oxygen atoms in total. The predicted molar refractivity (Wildman–Crippen MR) is 94.5 cm³/mol. The minimum atomic E-state index is -3.57. The fourth-order valence-corrected chi connectivity index (χ4v) is 8.02. The Kier molecular flexibility index (Phi) is 7.90. The van der Waals surface area contributed by atoms with E-state index in [2.05, 4.69) is 5.10 Å². The van der Waals surface area contributed by atoms with Crippen molar-refractivity contribution in [2.45, 2.75) is 70.0 Å². The molecule has 1 aromatic rings. The Morgan fingerprint density at radius 1 is 1.27 bits per heavy atom. The van der Waals surface area contributed by atoms with Gasteiger partial charge < -0.3 is 5.11 Å². The lowest BCUT2D eigenvalue weighted by Crippen LogP contribution is -2.21. The largest absolute Gasteiger partial charge is 0.391 e. The minimum Gasteiger partial charge on any atom is -0.391 e. The van der Waals surface area contributed by atoms with Crippen LogP contribution >= 0.6 is 17.5 Å². The molecule has 0 fully saturated rings. The van der Waals surface area contributed by atoms with Crippen molar-refractivity contribution in [3.63, 3.8) is 0 Å². The van der Waals surface area contributed by atoms with Crippen molar-refractivity contribution >= 4 is 27.5 Å². The second kappa shape index (κ2) is 8.70. The summed E-state index contributed by atoms with van der Waals surface area (Å²) in [6, 6.07) is 1.51. The van der Waals surface area contributed by atoms with Crippen molar-refractivity contribution in [3.05, 3.63) is 12.3 Å². The van der Waals surface area contributed by atoms with E-state index < -0.39 is 16.1 Å². The van der Waals surface area contributed by atoms with Gasteiger partial charge in [0, 0.05) is 6.20 Å². The number of hydrogen-bond donors (Lipinski definition) is 1. The molecular weight excluding hydrogens is 340 g/mol. The molecular formula is C13H27N3O3P2S. The Hall–Kier alpha value is -0.0600. The average Bonchev–Trinajstić information content (AvgIpc) is 2.85. The lowest BCUT2D eigenvalue weighted by Gasteiger charge is -2.24. The summed E-state index contributed by atoms with van der Waals surface area (Å²) in [4.78, 5) is 0. The van der Waals surface area contributed by atoms with Crippen LogP contribution in [0.1, 0.15) is 41.0 Å². The lowest BCUT2D eigenvalue weighted by atomic mass is 10.3. The van der Waals surface area contributed by atoms with Crippen LogP contribution in [0.25, 0.3) is 0 Å². The smallest absolute Gasteiger partial charge is 0.268 e. The summed E-state index contributed by atoms with van der Waals surface area (Å²) in [6.45, 7) is 10.2.